The van der Waals surface area contributed by atoms with E-state index < -0.39 is 11.6 Å². The van der Waals surface area contributed by atoms with Gasteiger partial charge >= 0.3 is 0 Å². The molecule has 0 heterocycles. The molecule has 23 heavy (non-hydrogen) atoms. The third kappa shape index (κ3) is 4.82. The van der Waals surface area contributed by atoms with Crippen molar-refractivity contribution < 1.29 is 8.78 Å². The number of aliphatic imine (C=N–C) groups is 1. The van der Waals surface area contributed by atoms with E-state index in [1.54, 1.807) is 24.3 Å². The molecule has 116 valence electrons. The van der Waals surface area contributed by atoms with E-state index in [4.69, 9.17) is 0 Å². The summed E-state index contributed by atoms with van der Waals surface area (Å²) in [5, 5.41) is 2.27. The lowest BCUT2D eigenvalue weighted by Gasteiger charge is -2.03. The predicted octanol–water partition coefficient (Wildman–Crippen LogP) is 5.44. The van der Waals surface area contributed by atoms with Gasteiger partial charge in [0.05, 0.1) is 16.4 Å². The van der Waals surface area contributed by atoms with Crippen LogP contribution in [-0.4, -0.2) is 5.16 Å². The Labute approximate surface area is 140 Å². The van der Waals surface area contributed by atoms with Gasteiger partial charge in [0.2, 0.25) is 0 Å². The minimum Gasteiger partial charge on any atom is -0.206 e. The molecule has 0 fully saturated rings. The van der Waals surface area contributed by atoms with E-state index in [0.29, 0.717) is 23.2 Å². The number of halogens is 2. The zero-order valence-electron chi connectivity index (χ0n) is 12.7. The Balaban J connectivity index is 2.25. The van der Waals surface area contributed by atoms with Gasteiger partial charge in [-0.1, -0.05) is 25.2 Å². The molecule has 0 aliphatic rings. The Morgan fingerprint density at radius 2 is 1.70 bits per heavy atom. The first-order chi connectivity index (χ1) is 11.1. The molecule has 0 saturated carbocycles. The summed E-state index contributed by atoms with van der Waals surface area (Å²) in [6, 6.07) is 9.57. The summed E-state index contributed by atoms with van der Waals surface area (Å²) in [4.78, 5) is 3.83. The summed E-state index contributed by atoms with van der Waals surface area (Å²) < 4.78 is 28.1. The fourth-order valence-corrected chi connectivity index (χ4v) is 2.18. The molecule has 4 heteroatoms. The predicted molar refractivity (Wildman–Crippen MR) is 92.1 cm³/mol. The van der Waals surface area contributed by atoms with Gasteiger partial charge in [0.25, 0.3) is 0 Å². The third-order valence-corrected chi connectivity index (χ3v) is 3.39. The molecule has 0 aliphatic carbocycles. The van der Waals surface area contributed by atoms with E-state index in [-0.39, 0.29) is 5.56 Å². The minimum absolute atomic E-state index is 0.203. The van der Waals surface area contributed by atoms with Crippen LogP contribution in [0.2, 0.25) is 0 Å². The highest BCUT2D eigenvalue weighted by atomic mass is 32.1. The molecule has 0 aliphatic heterocycles. The van der Waals surface area contributed by atoms with Crippen LogP contribution in [0.5, 0.6) is 0 Å². The second-order valence-electron chi connectivity index (χ2n) is 5.04. The van der Waals surface area contributed by atoms with Crippen molar-refractivity contribution in [3.05, 3.63) is 64.7 Å². The van der Waals surface area contributed by atoms with E-state index in [9.17, 15) is 8.78 Å². The standard InChI is InChI=1S/C19H15F2NS/c1-2-3-4-15-11-18(20)17(19(21)12-15)10-7-14-5-8-16(9-6-14)22-13-23/h5-6,8-9,11-12H,2-4H2,1H3. The second kappa shape index (κ2) is 8.33. The van der Waals surface area contributed by atoms with Gasteiger partial charge < -0.3 is 0 Å². The maximum absolute atomic E-state index is 14.0. The summed E-state index contributed by atoms with van der Waals surface area (Å²) in [7, 11) is 0. The van der Waals surface area contributed by atoms with Gasteiger partial charge in [-0.05, 0) is 67.0 Å². The first kappa shape index (κ1) is 17.0. The van der Waals surface area contributed by atoms with E-state index in [0.717, 1.165) is 12.8 Å². The number of rotatable bonds is 4. The molecule has 0 unspecified atom stereocenters. The van der Waals surface area contributed by atoms with Crippen molar-refractivity contribution in [3.63, 3.8) is 0 Å². The molecule has 0 N–H and O–H groups in total. The van der Waals surface area contributed by atoms with Gasteiger partial charge in [-0.15, -0.1) is 0 Å². The summed E-state index contributed by atoms with van der Waals surface area (Å²) in [6.07, 6.45) is 2.55. The lowest BCUT2D eigenvalue weighted by Crippen LogP contribution is -1.95. The third-order valence-electron chi connectivity index (χ3n) is 3.29. The van der Waals surface area contributed by atoms with Gasteiger partial charge in [-0.25, -0.2) is 8.78 Å². The summed E-state index contributed by atoms with van der Waals surface area (Å²) in [5.41, 5.74) is 1.76. The Bertz CT molecular complexity index is 771. The van der Waals surface area contributed by atoms with E-state index in [1.807, 2.05) is 6.92 Å². The van der Waals surface area contributed by atoms with Crippen LogP contribution >= 0.6 is 12.2 Å². The van der Waals surface area contributed by atoms with Crippen molar-refractivity contribution in [2.45, 2.75) is 26.2 Å². The van der Waals surface area contributed by atoms with Crippen LogP contribution in [0.4, 0.5) is 14.5 Å². The summed E-state index contributed by atoms with van der Waals surface area (Å²) in [6.45, 7) is 2.04. The van der Waals surface area contributed by atoms with Crippen LogP contribution in [0.3, 0.4) is 0 Å². The molecule has 0 bridgehead atoms. The van der Waals surface area contributed by atoms with Crippen LogP contribution in [0.1, 0.15) is 36.5 Å². The fraction of sp³-hybridized carbons (Fsp3) is 0.211. The molecular weight excluding hydrogens is 312 g/mol. The molecule has 0 spiro atoms. The SMILES string of the molecule is CCCCc1cc(F)c(C#Cc2ccc(N=C=S)cc2)c(F)c1. The number of hydrogen-bond acceptors (Lipinski definition) is 2. The van der Waals surface area contributed by atoms with Crippen molar-refractivity contribution in [1.29, 1.82) is 0 Å². The molecule has 0 radical (unpaired) electrons. The van der Waals surface area contributed by atoms with Crippen LogP contribution < -0.4 is 0 Å². The highest BCUT2D eigenvalue weighted by molar-refractivity contribution is 7.78. The molecule has 1 nitrogen and oxygen atoms in total. The van der Waals surface area contributed by atoms with Gasteiger partial charge in [-0.2, -0.15) is 4.99 Å². The number of aryl methyl sites for hydroxylation is 1. The van der Waals surface area contributed by atoms with Crippen molar-refractivity contribution in [1.82, 2.24) is 0 Å². The van der Waals surface area contributed by atoms with Crippen molar-refractivity contribution in [3.8, 4) is 11.8 Å². The van der Waals surface area contributed by atoms with Gasteiger partial charge in [-0.3, -0.25) is 0 Å². The average Bonchev–Trinajstić information content (AvgIpc) is 2.54. The van der Waals surface area contributed by atoms with E-state index >= 15 is 0 Å². The minimum atomic E-state index is -0.620. The molecule has 2 aromatic carbocycles. The van der Waals surface area contributed by atoms with Gasteiger partial charge in [0.1, 0.15) is 11.6 Å². The lowest BCUT2D eigenvalue weighted by atomic mass is 10.0. The number of nitrogens with zero attached hydrogens (tertiary/aromatic N) is 1. The van der Waals surface area contributed by atoms with E-state index in [1.165, 1.54) is 12.1 Å². The Hall–Kier alpha value is -2.34. The Morgan fingerprint density at radius 3 is 2.26 bits per heavy atom. The zero-order valence-corrected chi connectivity index (χ0v) is 13.5. The maximum Gasteiger partial charge on any atom is 0.142 e. The zero-order chi connectivity index (χ0) is 16.7. The maximum atomic E-state index is 14.0. The number of unbranched alkanes of at least 4 members (excludes halogenated alkanes) is 1. The molecule has 2 rings (SSSR count). The lowest BCUT2D eigenvalue weighted by molar-refractivity contribution is 0.572. The highest BCUT2D eigenvalue weighted by Gasteiger charge is 2.09. The smallest absolute Gasteiger partial charge is 0.142 e. The van der Waals surface area contributed by atoms with Crippen LogP contribution in [-0.2, 0) is 6.42 Å². The molecule has 0 saturated heterocycles. The highest BCUT2D eigenvalue weighted by Crippen LogP contribution is 2.17. The van der Waals surface area contributed by atoms with Crippen LogP contribution in [0, 0.1) is 23.5 Å². The summed E-state index contributed by atoms with van der Waals surface area (Å²) >= 11 is 4.52. The first-order valence-electron chi connectivity index (χ1n) is 7.32. The number of hydrogen-bond donors (Lipinski definition) is 0. The molecule has 0 aromatic heterocycles. The normalized spacial score (nSPS) is 9.70. The largest absolute Gasteiger partial charge is 0.206 e. The molecular formula is C19H15F2NS. The molecule has 2 aromatic rings. The Morgan fingerprint density at radius 1 is 1.04 bits per heavy atom. The topological polar surface area (TPSA) is 12.4 Å². The van der Waals surface area contributed by atoms with Gasteiger partial charge in [0.15, 0.2) is 0 Å². The monoisotopic (exact) mass is 327 g/mol. The van der Waals surface area contributed by atoms with Crippen LogP contribution in [0.15, 0.2) is 41.4 Å². The van der Waals surface area contributed by atoms with Crippen molar-refractivity contribution in [2.75, 3.05) is 0 Å². The van der Waals surface area contributed by atoms with Gasteiger partial charge in [0, 0.05) is 5.56 Å². The summed E-state index contributed by atoms with van der Waals surface area (Å²) in [5.74, 6) is 4.08. The molecule has 0 atom stereocenters. The quantitative estimate of drug-likeness (QED) is 0.414. The fourth-order valence-electron chi connectivity index (χ4n) is 2.08. The van der Waals surface area contributed by atoms with E-state index in [2.05, 4.69) is 34.2 Å². The molecule has 0 amide bonds. The van der Waals surface area contributed by atoms with Crippen molar-refractivity contribution >= 4 is 23.1 Å². The average molecular weight is 327 g/mol. The first-order valence-corrected chi connectivity index (χ1v) is 7.72. The number of isothiocyanates is 1. The number of thiocarbonyl (C=S) groups is 1. The second-order valence-corrected chi connectivity index (χ2v) is 5.22. The van der Waals surface area contributed by atoms with Crippen LogP contribution in [0.25, 0.3) is 0 Å². The van der Waals surface area contributed by atoms with Crippen molar-refractivity contribution in [2.24, 2.45) is 4.99 Å². The number of benzene rings is 2. The Kier molecular flexibility index (Phi) is 6.17.